The molecule has 0 fully saturated rings. The van der Waals surface area contributed by atoms with Crippen molar-refractivity contribution < 1.29 is 0 Å². The van der Waals surface area contributed by atoms with Crippen molar-refractivity contribution in [3.8, 4) is 0 Å². The third-order valence-electron chi connectivity index (χ3n) is 2.56. The van der Waals surface area contributed by atoms with Crippen LogP contribution in [0.1, 0.15) is 46.5 Å². The number of thiol groups is 1. The van der Waals surface area contributed by atoms with E-state index in [1.54, 1.807) is 0 Å². The minimum absolute atomic E-state index is 0.862. The predicted molar refractivity (Wildman–Crippen MR) is 73.6 cm³/mol. The lowest BCUT2D eigenvalue weighted by atomic mass is 10.1. The van der Waals surface area contributed by atoms with Gasteiger partial charge in [0.15, 0.2) is 0 Å². The van der Waals surface area contributed by atoms with Crippen LogP contribution in [-0.2, 0) is 0 Å². The molecule has 14 heavy (non-hydrogen) atoms. The number of hydrogen-bond donors (Lipinski definition) is 1. The van der Waals surface area contributed by atoms with Crippen LogP contribution >= 0.6 is 24.4 Å². The van der Waals surface area contributed by atoms with Crippen LogP contribution < -0.4 is 0 Å². The maximum absolute atomic E-state index is 4.26. The molecule has 0 aliphatic carbocycles. The lowest BCUT2D eigenvalue weighted by Crippen LogP contribution is -2.01. The van der Waals surface area contributed by atoms with Crippen LogP contribution in [0.25, 0.3) is 0 Å². The largest absolute Gasteiger partial charge is 0.179 e. The first-order valence-corrected chi connectivity index (χ1v) is 7.68. The number of thioether (sulfide) groups is 1. The molecule has 0 amide bonds. The molecule has 2 unspecified atom stereocenters. The van der Waals surface area contributed by atoms with E-state index < -0.39 is 0 Å². The Kier molecular flexibility index (Phi) is 10.7. The second kappa shape index (κ2) is 10.2. The van der Waals surface area contributed by atoms with Crippen LogP contribution in [0.5, 0.6) is 0 Å². The molecule has 2 heteroatoms. The monoisotopic (exact) mass is 234 g/mol. The lowest BCUT2D eigenvalue weighted by Gasteiger charge is -2.11. The van der Waals surface area contributed by atoms with Gasteiger partial charge in [0, 0.05) is 0 Å². The zero-order valence-corrected chi connectivity index (χ0v) is 11.7. The second-order valence-electron chi connectivity index (χ2n) is 4.37. The van der Waals surface area contributed by atoms with Crippen molar-refractivity contribution in [1.29, 1.82) is 0 Å². The average Bonchev–Trinajstić information content (AvgIpc) is 2.13. The van der Waals surface area contributed by atoms with E-state index in [2.05, 4.69) is 45.2 Å². The molecule has 0 saturated carbocycles. The predicted octanol–water partition coefficient (Wildman–Crippen LogP) is 4.50. The zero-order chi connectivity index (χ0) is 10.8. The average molecular weight is 234 g/mol. The SMILES string of the molecule is CCCC(C)CSCCC(C)CCS. The Morgan fingerprint density at radius 3 is 2.36 bits per heavy atom. The summed E-state index contributed by atoms with van der Waals surface area (Å²) < 4.78 is 0. The molecule has 0 spiro atoms. The highest BCUT2D eigenvalue weighted by Crippen LogP contribution is 2.17. The Morgan fingerprint density at radius 2 is 1.79 bits per heavy atom. The van der Waals surface area contributed by atoms with E-state index in [0.29, 0.717) is 0 Å². The van der Waals surface area contributed by atoms with E-state index in [9.17, 15) is 0 Å². The van der Waals surface area contributed by atoms with Crippen molar-refractivity contribution in [2.75, 3.05) is 17.3 Å². The van der Waals surface area contributed by atoms with Gasteiger partial charge in [0.25, 0.3) is 0 Å². The van der Waals surface area contributed by atoms with Crippen molar-refractivity contribution >= 4 is 24.4 Å². The summed E-state index contributed by atoms with van der Waals surface area (Å²) in [4.78, 5) is 0. The highest BCUT2D eigenvalue weighted by molar-refractivity contribution is 7.99. The molecule has 0 N–H and O–H groups in total. The molecule has 2 atom stereocenters. The van der Waals surface area contributed by atoms with Crippen LogP contribution in [0.2, 0.25) is 0 Å². The summed E-state index contributed by atoms with van der Waals surface area (Å²) in [6, 6.07) is 0. The minimum atomic E-state index is 0.862. The fourth-order valence-corrected chi connectivity index (χ4v) is 3.26. The minimum Gasteiger partial charge on any atom is -0.179 e. The summed E-state index contributed by atoms with van der Waals surface area (Å²) in [5.74, 6) is 5.49. The maximum atomic E-state index is 4.26. The molecule has 0 aromatic rings. The van der Waals surface area contributed by atoms with Gasteiger partial charge in [-0.15, -0.1) is 0 Å². The summed E-state index contributed by atoms with van der Waals surface area (Å²) in [5.41, 5.74) is 0. The van der Waals surface area contributed by atoms with E-state index in [1.165, 1.54) is 37.2 Å². The third-order valence-corrected chi connectivity index (χ3v) is 4.15. The van der Waals surface area contributed by atoms with Crippen LogP contribution in [0.15, 0.2) is 0 Å². The van der Waals surface area contributed by atoms with Crippen LogP contribution in [0.3, 0.4) is 0 Å². The van der Waals surface area contributed by atoms with Crippen molar-refractivity contribution in [1.82, 2.24) is 0 Å². The van der Waals surface area contributed by atoms with Gasteiger partial charge in [0.2, 0.25) is 0 Å². The lowest BCUT2D eigenvalue weighted by molar-refractivity contribution is 0.551. The molecular weight excluding hydrogens is 208 g/mol. The Hall–Kier alpha value is 0.700. The standard InChI is InChI=1S/C12H26S2/c1-4-5-12(3)10-14-9-7-11(2)6-8-13/h11-13H,4-10H2,1-3H3. The van der Waals surface area contributed by atoms with Crippen molar-refractivity contribution in [3.63, 3.8) is 0 Å². The molecule has 0 aliphatic rings. The maximum Gasteiger partial charge on any atom is -0.00418 e. The first-order valence-electron chi connectivity index (χ1n) is 5.89. The van der Waals surface area contributed by atoms with Gasteiger partial charge >= 0.3 is 0 Å². The van der Waals surface area contributed by atoms with E-state index in [0.717, 1.165) is 17.6 Å². The first kappa shape index (κ1) is 14.7. The van der Waals surface area contributed by atoms with E-state index in [-0.39, 0.29) is 0 Å². The molecule has 0 aliphatic heterocycles. The zero-order valence-electron chi connectivity index (χ0n) is 9.96. The Balaban J connectivity index is 3.19. The molecule has 0 heterocycles. The molecule has 0 aromatic carbocycles. The van der Waals surface area contributed by atoms with Crippen molar-refractivity contribution in [2.45, 2.75) is 46.5 Å². The van der Waals surface area contributed by atoms with Gasteiger partial charge in [-0.1, -0.05) is 33.6 Å². The quantitative estimate of drug-likeness (QED) is 0.453. The highest BCUT2D eigenvalue weighted by Gasteiger charge is 2.03. The first-order chi connectivity index (χ1) is 6.70. The summed E-state index contributed by atoms with van der Waals surface area (Å²) in [5, 5.41) is 0. The van der Waals surface area contributed by atoms with Gasteiger partial charge in [0.05, 0.1) is 0 Å². The highest BCUT2D eigenvalue weighted by atomic mass is 32.2. The Labute approximate surface area is 100 Å². The summed E-state index contributed by atoms with van der Waals surface area (Å²) in [6.07, 6.45) is 5.36. The van der Waals surface area contributed by atoms with Gasteiger partial charge in [0.1, 0.15) is 0 Å². The molecule has 86 valence electrons. The van der Waals surface area contributed by atoms with E-state index in [4.69, 9.17) is 0 Å². The Bertz CT molecular complexity index is 101. The second-order valence-corrected chi connectivity index (χ2v) is 5.97. The molecule has 0 nitrogen and oxygen atoms in total. The van der Waals surface area contributed by atoms with Gasteiger partial charge in [-0.25, -0.2) is 0 Å². The molecule has 0 rings (SSSR count). The Morgan fingerprint density at radius 1 is 1.07 bits per heavy atom. The smallest absolute Gasteiger partial charge is 0.00418 e. The third kappa shape index (κ3) is 9.26. The van der Waals surface area contributed by atoms with Gasteiger partial charge < -0.3 is 0 Å². The normalized spacial score (nSPS) is 15.4. The molecule has 0 radical (unpaired) electrons. The van der Waals surface area contributed by atoms with Gasteiger partial charge in [-0.2, -0.15) is 24.4 Å². The summed E-state index contributed by atoms with van der Waals surface area (Å²) >= 11 is 6.39. The van der Waals surface area contributed by atoms with Crippen LogP contribution in [-0.4, -0.2) is 17.3 Å². The summed E-state index contributed by atoms with van der Waals surface area (Å²) in [7, 11) is 0. The molecule has 0 saturated heterocycles. The topological polar surface area (TPSA) is 0 Å². The number of hydrogen-bond acceptors (Lipinski definition) is 2. The fraction of sp³-hybridized carbons (Fsp3) is 1.00. The summed E-state index contributed by atoms with van der Waals surface area (Å²) in [6.45, 7) is 6.98. The fourth-order valence-electron chi connectivity index (χ4n) is 1.51. The van der Waals surface area contributed by atoms with Crippen molar-refractivity contribution in [3.05, 3.63) is 0 Å². The van der Waals surface area contributed by atoms with E-state index in [1.807, 2.05) is 0 Å². The molecular formula is C12H26S2. The van der Waals surface area contributed by atoms with E-state index >= 15 is 0 Å². The molecule has 0 bridgehead atoms. The number of rotatable bonds is 9. The van der Waals surface area contributed by atoms with Crippen LogP contribution in [0, 0.1) is 11.8 Å². The molecule has 0 aromatic heterocycles. The van der Waals surface area contributed by atoms with Gasteiger partial charge in [-0.05, 0) is 41.9 Å². The van der Waals surface area contributed by atoms with Gasteiger partial charge in [-0.3, -0.25) is 0 Å². The van der Waals surface area contributed by atoms with Crippen LogP contribution in [0.4, 0.5) is 0 Å². The van der Waals surface area contributed by atoms with Crippen molar-refractivity contribution in [2.24, 2.45) is 11.8 Å².